The molecule has 200 valence electrons. The van der Waals surface area contributed by atoms with Gasteiger partial charge in [-0.3, -0.25) is 4.79 Å². The number of oxime groups is 1. The molecule has 3 aromatic rings. The van der Waals surface area contributed by atoms with Crippen LogP contribution in [0.3, 0.4) is 0 Å². The van der Waals surface area contributed by atoms with E-state index < -0.39 is 33.8 Å². The highest BCUT2D eigenvalue weighted by molar-refractivity contribution is 7.93. The van der Waals surface area contributed by atoms with Gasteiger partial charge in [0, 0.05) is 46.1 Å². The third-order valence-electron chi connectivity index (χ3n) is 5.89. The number of ether oxygens (including phenoxy) is 1. The van der Waals surface area contributed by atoms with Crippen molar-refractivity contribution in [3.8, 4) is 5.75 Å². The highest BCUT2D eigenvalue weighted by atomic mass is 35.5. The Bertz CT molecular complexity index is 1570. The number of alkyl halides is 3. The van der Waals surface area contributed by atoms with Crippen LogP contribution in [0.15, 0.2) is 69.3 Å². The smallest absolute Gasteiger partial charge is 0.435 e. The van der Waals surface area contributed by atoms with Crippen LogP contribution in [0.4, 0.5) is 13.2 Å². The molecule has 0 N–H and O–H groups in total. The summed E-state index contributed by atoms with van der Waals surface area (Å²) in [7, 11) is -1.77. The van der Waals surface area contributed by atoms with Crippen LogP contribution in [0.5, 0.6) is 5.75 Å². The summed E-state index contributed by atoms with van der Waals surface area (Å²) in [6.45, 7) is 1.58. The topological polar surface area (TPSA) is 90.2 Å². The lowest BCUT2D eigenvalue weighted by atomic mass is 9.86. The molecule has 38 heavy (non-hydrogen) atoms. The maximum Gasteiger partial charge on any atom is 0.435 e. The zero-order chi connectivity index (χ0) is 27.9. The molecule has 1 aliphatic heterocycles. The van der Waals surface area contributed by atoms with Gasteiger partial charge >= 0.3 is 6.18 Å². The lowest BCUT2D eigenvalue weighted by Crippen LogP contribution is -2.42. The number of halogens is 5. The maximum atomic E-state index is 14.3. The average Bonchev–Trinajstić information content (AvgIpc) is 3.30. The average molecular weight is 586 g/mol. The molecule has 7 nitrogen and oxygen atoms in total. The van der Waals surface area contributed by atoms with Crippen molar-refractivity contribution >= 4 is 44.5 Å². The number of benzene rings is 2. The summed E-state index contributed by atoms with van der Waals surface area (Å²) >= 11 is 11.9. The van der Waals surface area contributed by atoms with Crippen LogP contribution in [0.2, 0.25) is 10.0 Å². The van der Waals surface area contributed by atoms with E-state index in [-0.39, 0.29) is 31.9 Å². The molecule has 2 unspecified atom stereocenters. The van der Waals surface area contributed by atoms with Crippen molar-refractivity contribution in [3.63, 3.8) is 0 Å². The minimum absolute atomic E-state index is 0.0114. The Kier molecular flexibility index (Phi) is 7.48. The second kappa shape index (κ2) is 10.2. The number of carbonyl (C=O) groups excluding carboxylic acids is 1. The van der Waals surface area contributed by atoms with Crippen molar-refractivity contribution in [1.82, 2.24) is 4.98 Å². The summed E-state index contributed by atoms with van der Waals surface area (Å²) < 4.78 is 64.9. The minimum Gasteiger partial charge on any atom is -0.497 e. The Morgan fingerprint density at radius 3 is 2.42 bits per heavy atom. The lowest BCUT2D eigenvalue weighted by molar-refractivity contribution is -0.275. The molecule has 2 aromatic carbocycles. The van der Waals surface area contributed by atoms with E-state index >= 15 is 0 Å². The van der Waals surface area contributed by atoms with Crippen LogP contribution in [0.25, 0.3) is 0 Å². The highest BCUT2D eigenvalue weighted by Gasteiger charge is 2.62. The lowest BCUT2D eigenvalue weighted by Gasteiger charge is -2.29. The summed E-state index contributed by atoms with van der Waals surface area (Å²) in [6, 6.07) is 10.9. The molecule has 0 spiro atoms. The number of aromatic nitrogens is 1. The van der Waals surface area contributed by atoms with E-state index in [0.717, 1.165) is 12.1 Å². The quantitative estimate of drug-likeness (QED) is 0.337. The fourth-order valence-electron chi connectivity index (χ4n) is 3.91. The van der Waals surface area contributed by atoms with Gasteiger partial charge in [0.15, 0.2) is 0 Å². The van der Waals surface area contributed by atoms with Crippen molar-refractivity contribution in [3.05, 3.63) is 87.0 Å². The minimum atomic E-state index is -4.84. The van der Waals surface area contributed by atoms with Crippen molar-refractivity contribution < 1.29 is 31.7 Å². The number of hydrogen-bond donors (Lipinski definition) is 0. The van der Waals surface area contributed by atoms with E-state index in [0.29, 0.717) is 16.9 Å². The molecule has 4 rings (SSSR count). The third kappa shape index (κ3) is 5.36. The van der Waals surface area contributed by atoms with Gasteiger partial charge < -0.3 is 9.57 Å². The molecule has 1 aromatic heterocycles. The molecule has 0 saturated carbocycles. The SMILES string of the molecule is COc1ccnc(S(C)(=O)=NC(=O)c2ccc(C3=NOC(c4cc(Cl)cc(Cl)c4)(C(F)(F)F)C3)cc2C)c1. The van der Waals surface area contributed by atoms with Gasteiger partial charge in [-0.1, -0.05) is 34.4 Å². The van der Waals surface area contributed by atoms with Crippen molar-refractivity contribution in [1.29, 1.82) is 0 Å². The van der Waals surface area contributed by atoms with Crippen LogP contribution in [-0.2, 0) is 20.2 Å². The van der Waals surface area contributed by atoms with Gasteiger partial charge in [-0.25, -0.2) is 9.19 Å². The summed E-state index contributed by atoms with van der Waals surface area (Å²) in [5, 5.41) is 3.84. The number of rotatable bonds is 5. The fraction of sp³-hybridized carbons (Fsp3) is 0.240. The van der Waals surface area contributed by atoms with Gasteiger partial charge in [0.1, 0.15) is 10.8 Å². The standard InChI is InChI=1S/C25H20Cl2F3N3O4S/c1-14-8-15(4-5-20(14)23(34)33-38(3,35)22-12-19(36-2)6-7-31-22)21-13-24(37-32-21,25(28,29)30)16-9-17(26)11-18(27)10-16/h4-12H,13H2,1-3H3. The number of hydrogen-bond acceptors (Lipinski definition) is 6. The van der Waals surface area contributed by atoms with Gasteiger partial charge in [0.2, 0.25) is 0 Å². The molecule has 13 heteroatoms. The van der Waals surface area contributed by atoms with Gasteiger partial charge in [-0.2, -0.15) is 17.5 Å². The first-order valence-corrected chi connectivity index (χ1v) is 13.6. The number of methoxy groups -OCH3 is 1. The Morgan fingerprint density at radius 2 is 1.82 bits per heavy atom. The van der Waals surface area contributed by atoms with Crippen molar-refractivity contribution in [2.45, 2.75) is 30.1 Å². The number of aryl methyl sites for hydroxylation is 1. The van der Waals surface area contributed by atoms with Crippen LogP contribution in [0.1, 0.15) is 33.5 Å². The number of nitrogens with zero attached hydrogens (tertiary/aromatic N) is 3. The fourth-order valence-corrected chi connectivity index (χ4v) is 5.53. The summed E-state index contributed by atoms with van der Waals surface area (Å²) in [5.74, 6) is -0.365. The van der Waals surface area contributed by atoms with Gasteiger partial charge in [-0.15, -0.1) is 0 Å². The number of pyridine rings is 1. The van der Waals surface area contributed by atoms with E-state index in [1.165, 1.54) is 49.9 Å². The van der Waals surface area contributed by atoms with Crippen LogP contribution in [0, 0.1) is 6.92 Å². The molecule has 0 aliphatic carbocycles. The second-order valence-electron chi connectivity index (χ2n) is 8.55. The maximum absolute atomic E-state index is 14.3. The van der Waals surface area contributed by atoms with E-state index in [4.69, 9.17) is 32.8 Å². The van der Waals surface area contributed by atoms with Crippen molar-refractivity contribution in [2.24, 2.45) is 9.52 Å². The molecule has 2 atom stereocenters. The Balaban J connectivity index is 1.64. The molecule has 1 aliphatic rings. The zero-order valence-corrected chi connectivity index (χ0v) is 22.5. The number of amides is 1. The predicted octanol–water partition coefficient (Wildman–Crippen LogP) is 6.58. The second-order valence-corrected chi connectivity index (χ2v) is 11.6. The third-order valence-corrected chi connectivity index (χ3v) is 7.84. The van der Waals surface area contributed by atoms with E-state index in [2.05, 4.69) is 14.5 Å². The molecule has 2 heterocycles. The van der Waals surface area contributed by atoms with E-state index in [1.807, 2.05) is 0 Å². The molecule has 0 bridgehead atoms. The molecular formula is C25H20Cl2F3N3O4S. The first-order valence-electron chi connectivity index (χ1n) is 10.9. The normalized spacial score (nSPS) is 18.8. The first-order chi connectivity index (χ1) is 17.8. The van der Waals surface area contributed by atoms with Gasteiger partial charge in [0.05, 0.1) is 22.6 Å². The highest BCUT2D eigenvalue weighted by Crippen LogP contribution is 2.49. The monoisotopic (exact) mass is 585 g/mol. The molecule has 0 fully saturated rings. The van der Waals surface area contributed by atoms with Gasteiger partial charge in [-0.05, 0) is 54.4 Å². The Morgan fingerprint density at radius 1 is 1.13 bits per heavy atom. The number of carbonyl (C=O) groups is 1. The van der Waals surface area contributed by atoms with E-state index in [1.54, 1.807) is 13.0 Å². The summed E-state index contributed by atoms with van der Waals surface area (Å²) in [5.41, 5.74) is -2.24. The first kappa shape index (κ1) is 27.9. The molecule has 0 saturated heterocycles. The molecular weight excluding hydrogens is 566 g/mol. The van der Waals surface area contributed by atoms with Gasteiger partial charge in [0.25, 0.3) is 11.5 Å². The molecule has 0 radical (unpaired) electrons. The van der Waals surface area contributed by atoms with E-state index in [9.17, 15) is 22.2 Å². The molecule has 1 amide bonds. The van der Waals surface area contributed by atoms with Crippen LogP contribution >= 0.6 is 23.2 Å². The van der Waals surface area contributed by atoms with Crippen LogP contribution < -0.4 is 4.74 Å². The summed E-state index contributed by atoms with van der Waals surface area (Å²) in [4.78, 5) is 21.9. The Labute approximate surface area is 226 Å². The predicted molar refractivity (Wildman–Crippen MR) is 137 cm³/mol. The largest absolute Gasteiger partial charge is 0.497 e. The van der Waals surface area contributed by atoms with Crippen molar-refractivity contribution in [2.75, 3.05) is 13.4 Å². The summed E-state index contributed by atoms with van der Waals surface area (Å²) in [6.07, 6.45) is -2.82. The van der Waals surface area contributed by atoms with Crippen LogP contribution in [-0.4, -0.2) is 40.4 Å². The Hall–Kier alpha value is -3.15. The zero-order valence-electron chi connectivity index (χ0n) is 20.2.